The van der Waals surface area contributed by atoms with E-state index in [9.17, 15) is 12.8 Å². The summed E-state index contributed by atoms with van der Waals surface area (Å²) in [7, 11) is -3.56. The van der Waals surface area contributed by atoms with Crippen molar-refractivity contribution < 1.29 is 12.8 Å². The summed E-state index contributed by atoms with van der Waals surface area (Å²) in [5, 5.41) is 3.45. The first-order valence-corrected chi connectivity index (χ1v) is 10.3. The molecule has 0 amide bonds. The molecule has 4 rings (SSSR count). The number of nitrogens with one attached hydrogen (secondary N) is 1. The molecule has 2 aliphatic heterocycles. The van der Waals surface area contributed by atoms with Crippen LogP contribution < -0.4 is 5.32 Å². The molecule has 1 fully saturated rings. The number of para-hydroxylation sites is 1. The molecular weight excluding hydrogens is 353 g/mol. The van der Waals surface area contributed by atoms with E-state index in [-0.39, 0.29) is 4.90 Å². The Morgan fingerprint density at radius 2 is 1.73 bits per heavy atom. The molecule has 2 aromatic rings. The van der Waals surface area contributed by atoms with E-state index >= 15 is 0 Å². The molecule has 138 valence electrons. The molecule has 0 aliphatic carbocycles. The van der Waals surface area contributed by atoms with Gasteiger partial charge in [-0.05, 0) is 41.8 Å². The number of hydrogen-bond donors (Lipinski definition) is 1. The zero-order valence-corrected chi connectivity index (χ0v) is 15.3. The lowest BCUT2D eigenvalue weighted by atomic mass is 10.1. The fraction of sp³-hybridized carbons (Fsp3) is 0.368. The summed E-state index contributed by atoms with van der Waals surface area (Å²) < 4.78 is 39.9. The summed E-state index contributed by atoms with van der Waals surface area (Å²) in [6.07, 6.45) is 1.06. The summed E-state index contributed by atoms with van der Waals surface area (Å²) in [6.45, 7) is 4.06. The van der Waals surface area contributed by atoms with Gasteiger partial charge in [-0.25, -0.2) is 12.8 Å². The highest BCUT2D eigenvalue weighted by Crippen LogP contribution is 2.28. The molecule has 5 nitrogen and oxygen atoms in total. The molecule has 2 aliphatic rings. The van der Waals surface area contributed by atoms with Crippen molar-refractivity contribution in [2.75, 3.05) is 38.0 Å². The topological polar surface area (TPSA) is 52.7 Å². The van der Waals surface area contributed by atoms with Crippen LogP contribution in [0.3, 0.4) is 0 Å². The maximum absolute atomic E-state index is 13.0. The minimum absolute atomic E-state index is 0.150. The van der Waals surface area contributed by atoms with E-state index in [4.69, 9.17) is 0 Å². The molecule has 2 heterocycles. The maximum atomic E-state index is 13.0. The van der Waals surface area contributed by atoms with Gasteiger partial charge in [0.25, 0.3) is 0 Å². The van der Waals surface area contributed by atoms with E-state index in [0.29, 0.717) is 26.2 Å². The molecular formula is C19H22FN3O2S. The lowest BCUT2D eigenvalue weighted by Gasteiger charge is -2.34. The fourth-order valence-electron chi connectivity index (χ4n) is 3.67. The van der Waals surface area contributed by atoms with E-state index in [2.05, 4.69) is 28.4 Å². The van der Waals surface area contributed by atoms with Crippen molar-refractivity contribution in [2.24, 2.45) is 0 Å². The second-order valence-electron chi connectivity index (χ2n) is 6.76. The van der Waals surface area contributed by atoms with Gasteiger partial charge in [-0.1, -0.05) is 18.2 Å². The summed E-state index contributed by atoms with van der Waals surface area (Å²) in [6, 6.07) is 11.4. The molecule has 26 heavy (non-hydrogen) atoms. The third-order valence-electron chi connectivity index (χ3n) is 5.11. The Morgan fingerprint density at radius 1 is 1.00 bits per heavy atom. The molecule has 0 saturated carbocycles. The third kappa shape index (κ3) is 3.34. The number of benzene rings is 2. The molecule has 7 heteroatoms. The SMILES string of the molecule is O=S(=O)(c1ccc(F)cc1)N1CCN(Cc2cccc3c2NCC3)CC1. The normalized spacial score (nSPS) is 18.5. The zero-order chi connectivity index (χ0) is 18.1. The molecule has 0 radical (unpaired) electrons. The lowest BCUT2D eigenvalue weighted by Crippen LogP contribution is -2.48. The largest absolute Gasteiger partial charge is 0.384 e. The van der Waals surface area contributed by atoms with Crippen LogP contribution in [-0.2, 0) is 23.0 Å². The van der Waals surface area contributed by atoms with E-state index in [1.807, 2.05) is 0 Å². The summed E-state index contributed by atoms with van der Waals surface area (Å²) in [5.41, 5.74) is 3.88. The average molecular weight is 375 g/mol. The van der Waals surface area contributed by atoms with Crippen molar-refractivity contribution in [3.05, 3.63) is 59.4 Å². The van der Waals surface area contributed by atoms with Gasteiger partial charge in [-0.3, -0.25) is 4.90 Å². The molecule has 1 N–H and O–H groups in total. The monoisotopic (exact) mass is 375 g/mol. The Kier molecular flexibility index (Phi) is 4.69. The van der Waals surface area contributed by atoms with Crippen molar-refractivity contribution in [2.45, 2.75) is 17.9 Å². The van der Waals surface area contributed by atoms with Crippen molar-refractivity contribution >= 4 is 15.7 Å². The lowest BCUT2D eigenvalue weighted by molar-refractivity contribution is 0.182. The second kappa shape index (κ2) is 6.98. The fourth-order valence-corrected chi connectivity index (χ4v) is 5.09. The Bertz CT molecular complexity index is 892. The van der Waals surface area contributed by atoms with Gasteiger partial charge in [0.2, 0.25) is 10.0 Å². The van der Waals surface area contributed by atoms with E-state index in [0.717, 1.165) is 19.5 Å². The minimum atomic E-state index is -3.56. The number of rotatable bonds is 4. The number of hydrogen-bond acceptors (Lipinski definition) is 4. The number of fused-ring (bicyclic) bond motifs is 1. The van der Waals surface area contributed by atoms with Crippen LogP contribution in [0.4, 0.5) is 10.1 Å². The van der Waals surface area contributed by atoms with Gasteiger partial charge >= 0.3 is 0 Å². The molecule has 0 atom stereocenters. The van der Waals surface area contributed by atoms with Gasteiger partial charge in [-0.2, -0.15) is 4.31 Å². The first-order chi connectivity index (χ1) is 12.5. The standard InChI is InChI=1S/C19H22FN3O2S/c20-17-4-6-18(7-5-17)26(24,25)23-12-10-22(11-13-23)14-16-3-1-2-15-8-9-21-19(15)16/h1-7,21H,8-14H2. The maximum Gasteiger partial charge on any atom is 0.243 e. The molecule has 0 bridgehead atoms. The van der Waals surface area contributed by atoms with Crippen molar-refractivity contribution in [3.8, 4) is 0 Å². The van der Waals surface area contributed by atoms with Crippen LogP contribution in [0, 0.1) is 5.82 Å². The van der Waals surface area contributed by atoms with E-state index < -0.39 is 15.8 Å². The van der Waals surface area contributed by atoms with Crippen molar-refractivity contribution in [1.82, 2.24) is 9.21 Å². The van der Waals surface area contributed by atoms with Crippen LogP contribution in [-0.4, -0.2) is 50.3 Å². The number of halogens is 1. The number of anilines is 1. The quantitative estimate of drug-likeness (QED) is 0.891. The van der Waals surface area contributed by atoms with Gasteiger partial charge in [0, 0.05) is 45.0 Å². The van der Waals surface area contributed by atoms with Crippen LogP contribution >= 0.6 is 0 Å². The number of nitrogens with zero attached hydrogens (tertiary/aromatic N) is 2. The third-order valence-corrected chi connectivity index (χ3v) is 7.02. The van der Waals surface area contributed by atoms with Crippen LogP contribution in [0.25, 0.3) is 0 Å². The number of piperazine rings is 1. The van der Waals surface area contributed by atoms with Gasteiger partial charge < -0.3 is 5.32 Å². The predicted molar refractivity (Wildman–Crippen MR) is 99.1 cm³/mol. The zero-order valence-electron chi connectivity index (χ0n) is 14.5. The minimum Gasteiger partial charge on any atom is -0.384 e. The van der Waals surface area contributed by atoms with Gasteiger partial charge in [0.05, 0.1) is 4.90 Å². The molecule has 2 aromatic carbocycles. The van der Waals surface area contributed by atoms with Crippen LogP contribution in [0.1, 0.15) is 11.1 Å². The van der Waals surface area contributed by atoms with Crippen LogP contribution in [0.5, 0.6) is 0 Å². The molecule has 0 unspecified atom stereocenters. The highest BCUT2D eigenvalue weighted by Gasteiger charge is 2.29. The molecule has 0 aromatic heterocycles. The second-order valence-corrected chi connectivity index (χ2v) is 8.70. The predicted octanol–water partition coefficient (Wildman–Crippen LogP) is 2.30. The van der Waals surface area contributed by atoms with E-state index in [1.165, 1.54) is 45.4 Å². The first kappa shape index (κ1) is 17.5. The summed E-state index contributed by atoms with van der Waals surface area (Å²) in [5.74, 6) is -0.433. The Balaban J connectivity index is 1.41. The van der Waals surface area contributed by atoms with Gasteiger partial charge in [-0.15, -0.1) is 0 Å². The van der Waals surface area contributed by atoms with Crippen LogP contribution in [0.2, 0.25) is 0 Å². The van der Waals surface area contributed by atoms with E-state index in [1.54, 1.807) is 0 Å². The number of sulfonamides is 1. The van der Waals surface area contributed by atoms with Crippen LogP contribution in [0.15, 0.2) is 47.4 Å². The first-order valence-electron chi connectivity index (χ1n) is 8.87. The highest BCUT2D eigenvalue weighted by molar-refractivity contribution is 7.89. The van der Waals surface area contributed by atoms with Crippen molar-refractivity contribution in [3.63, 3.8) is 0 Å². The summed E-state index contributed by atoms with van der Waals surface area (Å²) in [4.78, 5) is 2.43. The van der Waals surface area contributed by atoms with Crippen molar-refractivity contribution in [1.29, 1.82) is 0 Å². The smallest absolute Gasteiger partial charge is 0.243 e. The Hall–Kier alpha value is -1.96. The molecule has 0 spiro atoms. The molecule has 1 saturated heterocycles. The summed E-state index contributed by atoms with van der Waals surface area (Å²) >= 11 is 0. The highest BCUT2D eigenvalue weighted by atomic mass is 32.2. The van der Waals surface area contributed by atoms with Gasteiger partial charge in [0.1, 0.15) is 5.82 Å². The Labute approximate surface area is 153 Å². The van der Waals surface area contributed by atoms with Gasteiger partial charge in [0.15, 0.2) is 0 Å². The average Bonchev–Trinajstić information content (AvgIpc) is 3.12. The Morgan fingerprint density at radius 3 is 2.46 bits per heavy atom.